The Balaban J connectivity index is 1.15. The number of hydrazone groups is 1. The van der Waals surface area contributed by atoms with Crippen LogP contribution in [0.5, 0.6) is 0 Å². The topological polar surface area (TPSA) is 70.8 Å². The Labute approximate surface area is 189 Å². The van der Waals surface area contributed by atoms with Gasteiger partial charge in [-0.05, 0) is 37.7 Å². The SMILES string of the molecule is O=C(CCC(=O)N1CCC(c2ccccc2)=N1)N1CCC[C@@H](c2ncc3n2CCCC3)C1. The molecule has 1 atom stereocenters. The molecule has 2 amide bonds. The van der Waals surface area contributed by atoms with Gasteiger partial charge in [0.15, 0.2) is 0 Å². The fraction of sp³-hybridized carbons (Fsp3) is 0.520. The van der Waals surface area contributed by atoms with E-state index in [1.165, 1.54) is 23.5 Å². The number of benzene rings is 1. The van der Waals surface area contributed by atoms with Crippen LogP contribution in [-0.2, 0) is 22.6 Å². The van der Waals surface area contributed by atoms with Crippen molar-refractivity contribution >= 4 is 17.5 Å². The zero-order valence-electron chi connectivity index (χ0n) is 18.6. The van der Waals surface area contributed by atoms with Gasteiger partial charge >= 0.3 is 0 Å². The number of piperidine rings is 1. The molecular weight excluding hydrogens is 402 g/mol. The number of rotatable bonds is 5. The quantitative estimate of drug-likeness (QED) is 0.726. The van der Waals surface area contributed by atoms with Gasteiger partial charge in [0.2, 0.25) is 11.8 Å². The van der Waals surface area contributed by atoms with Gasteiger partial charge in [0.25, 0.3) is 0 Å². The molecule has 2 aromatic rings. The van der Waals surface area contributed by atoms with Crippen molar-refractivity contribution < 1.29 is 9.59 Å². The van der Waals surface area contributed by atoms with E-state index in [-0.39, 0.29) is 24.7 Å². The minimum absolute atomic E-state index is 0.0693. The maximum atomic E-state index is 12.9. The summed E-state index contributed by atoms with van der Waals surface area (Å²) in [6, 6.07) is 9.96. The van der Waals surface area contributed by atoms with Gasteiger partial charge in [-0.15, -0.1) is 0 Å². The lowest BCUT2D eigenvalue weighted by atomic mass is 9.96. The first-order chi connectivity index (χ1) is 15.7. The fourth-order valence-electron chi connectivity index (χ4n) is 5.17. The average molecular weight is 434 g/mol. The van der Waals surface area contributed by atoms with Crippen molar-refractivity contribution in [3.63, 3.8) is 0 Å². The zero-order valence-corrected chi connectivity index (χ0v) is 18.6. The molecule has 5 rings (SSSR count). The van der Waals surface area contributed by atoms with Crippen molar-refractivity contribution in [1.82, 2.24) is 19.5 Å². The molecule has 0 spiro atoms. The summed E-state index contributed by atoms with van der Waals surface area (Å²) in [5.41, 5.74) is 3.33. The Kier molecular flexibility index (Phi) is 6.06. The van der Waals surface area contributed by atoms with Gasteiger partial charge < -0.3 is 9.47 Å². The molecule has 32 heavy (non-hydrogen) atoms. The van der Waals surface area contributed by atoms with Crippen molar-refractivity contribution in [3.05, 3.63) is 53.6 Å². The van der Waals surface area contributed by atoms with Gasteiger partial charge in [0.05, 0.1) is 12.3 Å². The summed E-state index contributed by atoms with van der Waals surface area (Å²) in [6.45, 7) is 3.12. The van der Waals surface area contributed by atoms with E-state index in [2.05, 4.69) is 9.67 Å². The molecule has 0 N–H and O–H groups in total. The summed E-state index contributed by atoms with van der Waals surface area (Å²) in [5.74, 6) is 1.44. The molecule has 0 radical (unpaired) electrons. The van der Waals surface area contributed by atoms with Crippen LogP contribution < -0.4 is 0 Å². The van der Waals surface area contributed by atoms with Crippen LogP contribution in [0.4, 0.5) is 0 Å². The molecule has 168 valence electrons. The average Bonchev–Trinajstić information content (AvgIpc) is 3.51. The summed E-state index contributed by atoms with van der Waals surface area (Å²) in [6.07, 6.45) is 8.85. The lowest BCUT2D eigenvalue weighted by Crippen LogP contribution is -2.40. The molecule has 7 nitrogen and oxygen atoms in total. The van der Waals surface area contributed by atoms with Gasteiger partial charge in [0, 0.05) is 56.7 Å². The molecule has 1 fully saturated rings. The first-order valence-electron chi connectivity index (χ1n) is 11.9. The number of hydrogen-bond donors (Lipinski definition) is 0. The minimum atomic E-state index is -0.0693. The van der Waals surface area contributed by atoms with Gasteiger partial charge in [0.1, 0.15) is 5.82 Å². The summed E-state index contributed by atoms with van der Waals surface area (Å²) in [4.78, 5) is 32.2. The van der Waals surface area contributed by atoms with Crippen molar-refractivity contribution in [2.75, 3.05) is 19.6 Å². The van der Waals surface area contributed by atoms with Crippen molar-refractivity contribution in [2.24, 2.45) is 5.10 Å². The number of likely N-dealkylation sites (tertiary alicyclic amines) is 1. The molecule has 1 aromatic heterocycles. The number of hydrogen-bond acceptors (Lipinski definition) is 4. The second kappa shape index (κ2) is 9.27. The van der Waals surface area contributed by atoms with Crippen LogP contribution in [0.3, 0.4) is 0 Å². The van der Waals surface area contributed by atoms with Crippen LogP contribution in [0.2, 0.25) is 0 Å². The van der Waals surface area contributed by atoms with Crippen molar-refractivity contribution in [1.29, 1.82) is 0 Å². The van der Waals surface area contributed by atoms with Crippen LogP contribution in [0.1, 0.15) is 67.9 Å². The third-order valence-electron chi connectivity index (χ3n) is 6.92. The third kappa shape index (κ3) is 4.33. The lowest BCUT2D eigenvalue weighted by molar-refractivity contribution is -0.137. The highest BCUT2D eigenvalue weighted by molar-refractivity contribution is 6.02. The van der Waals surface area contributed by atoms with E-state index in [0.717, 1.165) is 55.9 Å². The zero-order chi connectivity index (χ0) is 21.9. The minimum Gasteiger partial charge on any atom is -0.342 e. The Bertz CT molecular complexity index is 1010. The highest BCUT2D eigenvalue weighted by Gasteiger charge is 2.29. The summed E-state index contributed by atoms with van der Waals surface area (Å²) >= 11 is 0. The lowest BCUT2D eigenvalue weighted by Gasteiger charge is -2.33. The smallest absolute Gasteiger partial charge is 0.243 e. The van der Waals surface area contributed by atoms with Gasteiger partial charge in [-0.25, -0.2) is 9.99 Å². The number of fused-ring (bicyclic) bond motifs is 1. The molecule has 1 saturated heterocycles. The largest absolute Gasteiger partial charge is 0.342 e. The second-order valence-electron chi connectivity index (χ2n) is 9.07. The molecular formula is C25H31N5O2. The van der Waals surface area contributed by atoms with E-state index >= 15 is 0 Å². The fourth-order valence-corrected chi connectivity index (χ4v) is 5.17. The van der Waals surface area contributed by atoms with Gasteiger partial charge in [-0.2, -0.15) is 5.10 Å². The van der Waals surface area contributed by atoms with Crippen LogP contribution >= 0.6 is 0 Å². The first-order valence-corrected chi connectivity index (χ1v) is 11.9. The number of amides is 2. The number of aromatic nitrogens is 2. The number of nitrogens with zero attached hydrogens (tertiary/aromatic N) is 5. The van der Waals surface area contributed by atoms with E-state index in [1.54, 1.807) is 0 Å². The van der Waals surface area contributed by atoms with Crippen molar-refractivity contribution in [2.45, 2.75) is 63.8 Å². The molecule has 7 heteroatoms. The number of aryl methyl sites for hydroxylation is 1. The van der Waals surface area contributed by atoms with Crippen LogP contribution in [0.15, 0.2) is 41.6 Å². The van der Waals surface area contributed by atoms with Crippen LogP contribution in [-0.4, -0.2) is 56.6 Å². The van der Waals surface area contributed by atoms with Crippen molar-refractivity contribution in [3.8, 4) is 0 Å². The predicted molar refractivity (Wildman–Crippen MR) is 122 cm³/mol. The molecule has 1 aromatic carbocycles. The number of carbonyl (C=O) groups excluding carboxylic acids is 2. The Morgan fingerprint density at radius 2 is 1.78 bits per heavy atom. The summed E-state index contributed by atoms with van der Waals surface area (Å²) in [7, 11) is 0. The highest BCUT2D eigenvalue weighted by atomic mass is 16.2. The number of carbonyl (C=O) groups is 2. The van der Waals surface area contributed by atoms with Gasteiger partial charge in [-0.1, -0.05) is 30.3 Å². The maximum Gasteiger partial charge on any atom is 0.243 e. The monoisotopic (exact) mass is 433 g/mol. The molecule has 3 aliphatic heterocycles. The van der Waals surface area contributed by atoms with E-state index in [4.69, 9.17) is 4.98 Å². The van der Waals surface area contributed by atoms with Crippen LogP contribution in [0.25, 0.3) is 0 Å². The molecule has 0 bridgehead atoms. The maximum absolute atomic E-state index is 12.9. The second-order valence-corrected chi connectivity index (χ2v) is 9.07. The van der Waals surface area contributed by atoms with Crippen LogP contribution in [0, 0.1) is 0 Å². The van der Waals surface area contributed by atoms with Gasteiger partial charge in [-0.3, -0.25) is 9.59 Å². The Morgan fingerprint density at radius 1 is 0.938 bits per heavy atom. The van der Waals surface area contributed by atoms with E-state index in [1.807, 2.05) is 41.4 Å². The van der Waals surface area contributed by atoms with E-state index < -0.39 is 0 Å². The summed E-state index contributed by atoms with van der Waals surface area (Å²) in [5, 5.41) is 6.03. The normalized spacial score (nSPS) is 20.8. The molecule has 0 aliphatic carbocycles. The molecule has 0 unspecified atom stereocenters. The molecule has 4 heterocycles. The number of imidazole rings is 1. The van der Waals surface area contributed by atoms with E-state index in [9.17, 15) is 9.59 Å². The predicted octanol–water partition coefficient (Wildman–Crippen LogP) is 3.34. The van der Waals surface area contributed by atoms with E-state index in [0.29, 0.717) is 19.0 Å². The highest BCUT2D eigenvalue weighted by Crippen LogP contribution is 2.29. The Hall–Kier alpha value is -2.96. The summed E-state index contributed by atoms with van der Waals surface area (Å²) < 4.78 is 2.38. The third-order valence-corrected chi connectivity index (χ3v) is 6.92. The molecule has 0 saturated carbocycles. The standard InChI is InChI=1S/C25H31N5O2/c31-23(11-12-24(32)30-16-13-22(27-30)19-7-2-1-3-8-19)28-14-6-9-20(18-28)25-26-17-21-10-4-5-15-29(21)25/h1-3,7-8,17,20H,4-6,9-16,18H2/t20-/m1/s1. The molecule has 3 aliphatic rings. The first kappa shape index (κ1) is 20.9. The Morgan fingerprint density at radius 3 is 2.66 bits per heavy atom.